The fourth-order valence-corrected chi connectivity index (χ4v) is 0.795. The van der Waals surface area contributed by atoms with E-state index < -0.39 is 0 Å². The molecular formula is C9H22N2. The lowest BCUT2D eigenvalue weighted by Gasteiger charge is -2.12. The van der Waals surface area contributed by atoms with Crippen molar-refractivity contribution < 1.29 is 0 Å². The van der Waals surface area contributed by atoms with Crippen LogP contribution in [0.1, 0.15) is 20.3 Å². The number of hydrogen-bond acceptors (Lipinski definition) is 2. The molecule has 1 unspecified atom stereocenters. The summed E-state index contributed by atoms with van der Waals surface area (Å²) in [6.45, 7) is 7.92. The van der Waals surface area contributed by atoms with Crippen molar-refractivity contribution in [1.82, 2.24) is 10.2 Å². The highest BCUT2D eigenvalue weighted by Gasteiger charge is 1.96. The molecule has 2 heteroatoms. The molecule has 0 aliphatic heterocycles. The van der Waals surface area contributed by atoms with Gasteiger partial charge in [-0.15, -0.1) is 0 Å². The molecule has 0 aromatic heterocycles. The van der Waals surface area contributed by atoms with Crippen LogP contribution in [0.3, 0.4) is 0 Å². The Morgan fingerprint density at radius 1 is 1.36 bits per heavy atom. The second kappa shape index (κ2) is 6.62. The van der Waals surface area contributed by atoms with Crippen LogP contribution in [0.2, 0.25) is 0 Å². The van der Waals surface area contributed by atoms with E-state index in [2.05, 4.69) is 38.2 Å². The van der Waals surface area contributed by atoms with Crippen molar-refractivity contribution in [2.75, 3.05) is 33.7 Å². The first kappa shape index (κ1) is 10.9. The number of rotatable bonds is 6. The van der Waals surface area contributed by atoms with Gasteiger partial charge >= 0.3 is 0 Å². The number of nitrogens with one attached hydrogen (secondary N) is 1. The van der Waals surface area contributed by atoms with Gasteiger partial charge in [-0.1, -0.05) is 20.3 Å². The zero-order valence-electron chi connectivity index (χ0n) is 8.35. The average molecular weight is 158 g/mol. The van der Waals surface area contributed by atoms with Gasteiger partial charge in [0, 0.05) is 13.1 Å². The van der Waals surface area contributed by atoms with Crippen LogP contribution in [0.15, 0.2) is 0 Å². The van der Waals surface area contributed by atoms with Crippen LogP contribution in [0.4, 0.5) is 0 Å². The van der Waals surface area contributed by atoms with Crippen LogP contribution >= 0.6 is 0 Å². The predicted molar refractivity (Wildman–Crippen MR) is 50.9 cm³/mol. The third kappa shape index (κ3) is 7.82. The van der Waals surface area contributed by atoms with Crippen molar-refractivity contribution in [3.8, 4) is 0 Å². The molecular weight excluding hydrogens is 136 g/mol. The maximum Gasteiger partial charge on any atom is 0.0101 e. The Kier molecular flexibility index (Phi) is 6.57. The maximum atomic E-state index is 3.43. The third-order valence-corrected chi connectivity index (χ3v) is 1.93. The minimum absolute atomic E-state index is 0.817. The highest BCUT2D eigenvalue weighted by molar-refractivity contribution is 4.55. The molecule has 1 N–H and O–H groups in total. The molecule has 0 aromatic rings. The molecule has 0 radical (unpaired) electrons. The third-order valence-electron chi connectivity index (χ3n) is 1.93. The topological polar surface area (TPSA) is 15.3 Å². The molecule has 0 fully saturated rings. The molecule has 0 aliphatic carbocycles. The summed E-state index contributed by atoms with van der Waals surface area (Å²) < 4.78 is 0. The Morgan fingerprint density at radius 3 is 2.45 bits per heavy atom. The highest BCUT2D eigenvalue weighted by Crippen LogP contribution is 1.96. The summed E-state index contributed by atoms with van der Waals surface area (Å²) >= 11 is 0. The molecule has 0 saturated heterocycles. The Bertz CT molecular complexity index is 81.6. The summed E-state index contributed by atoms with van der Waals surface area (Å²) in [5, 5.41) is 3.43. The molecule has 0 amide bonds. The lowest BCUT2D eigenvalue weighted by atomic mass is 10.1. The summed E-state index contributed by atoms with van der Waals surface area (Å²) in [6.07, 6.45) is 1.27. The summed E-state index contributed by atoms with van der Waals surface area (Å²) in [4.78, 5) is 2.20. The Morgan fingerprint density at radius 2 is 2.00 bits per heavy atom. The van der Waals surface area contributed by atoms with Crippen molar-refractivity contribution in [3.05, 3.63) is 0 Å². The van der Waals surface area contributed by atoms with Gasteiger partial charge in [-0.2, -0.15) is 0 Å². The Balaban J connectivity index is 3.01. The van der Waals surface area contributed by atoms with Crippen molar-refractivity contribution in [1.29, 1.82) is 0 Å². The fraction of sp³-hybridized carbons (Fsp3) is 1.00. The zero-order valence-corrected chi connectivity index (χ0v) is 8.35. The molecule has 0 aromatic carbocycles. The van der Waals surface area contributed by atoms with E-state index in [9.17, 15) is 0 Å². The van der Waals surface area contributed by atoms with E-state index in [1.807, 2.05) is 0 Å². The van der Waals surface area contributed by atoms with Crippen molar-refractivity contribution in [2.24, 2.45) is 5.92 Å². The largest absolute Gasteiger partial charge is 0.315 e. The van der Waals surface area contributed by atoms with E-state index in [0.29, 0.717) is 0 Å². The van der Waals surface area contributed by atoms with Gasteiger partial charge in [-0.25, -0.2) is 0 Å². The SMILES string of the molecule is CCC(C)CNCCN(C)C. The van der Waals surface area contributed by atoms with Crippen molar-refractivity contribution in [2.45, 2.75) is 20.3 Å². The summed E-state index contributed by atoms with van der Waals surface area (Å²) in [7, 11) is 4.20. The highest BCUT2D eigenvalue weighted by atomic mass is 15.1. The zero-order chi connectivity index (χ0) is 8.69. The Labute approximate surface area is 71.0 Å². The second-order valence-electron chi connectivity index (χ2n) is 3.52. The van der Waals surface area contributed by atoms with Gasteiger partial charge in [0.05, 0.1) is 0 Å². The molecule has 2 nitrogen and oxygen atoms in total. The van der Waals surface area contributed by atoms with E-state index in [-0.39, 0.29) is 0 Å². The predicted octanol–water partition coefficient (Wildman–Crippen LogP) is 1.18. The molecule has 0 saturated carbocycles. The first-order chi connectivity index (χ1) is 5.16. The lowest BCUT2D eigenvalue weighted by molar-refractivity contribution is 0.388. The standard InChI is InChI=1S/C9H22N2/c1-5-9(2)8-10-6-7-11(3)4/h9-10H,5-8H2,1-4H3. The fourth-order valence-electron chi connectivity index (χ4n) is 0.795. The normalized spacial score (nSPS) is 13.9. The van der Waals surface area contributed by atoms with Crippen LogP contribution in [0.25, 0.3) is 0 Å². The smallest absolute Gasteiger partial charge is 0.0101 e. The van der Waals surface area contributed by atoms with Crippen LogP contribution in [0, 0.1) is 5.92 Å². The van der Waals surface area contributed by atoms with E-state index in [1.54, 1.807) is 0 Å². The van der Waals surface area contributed by atoms with E-state index >= 15 is 0 Å². The van der Waals surface area contributed by atoms with E-state index in [0.717, 1.165) is 25.6 Å². The Hall–Kier alpha value is -0.0800. The first-order valence-electron chi connectivity index (χ1n) is 4.52. The molecule has 68 valence electrons. The van der Waals surface area contributed by atoms with Crippen LogP contribution in [0.5, 0.6) is 0 Å². The molecule has 11 heavy (non-hydrogen) atoms. The van der Waals surface area contributed by atoms with Crippen LogP contribution in [-0.2, 0) is 0 Å². The molecule has 0 bridgehead atoms. The average Bonchev–Trinajstić information content (AvgIpc) is 1.97. The monoisotopic (exact) mass is 158 g/mol. The maximum absolute atomic E-state index is 3.43. The van der Waals surface area contributed by atoms with Gasteiger partial charge in [0.2, 0.25) is 0 Å². The minimum Gasteiger partial charge on any atom is -0.315 e. The molecule has 0 heterocycles. The van der Waals surface area contributed by atoms with Crippen molar-refractivity contribution >= 4 is 0 Å². The van der Waals surface area contributed by atoms with Crippen molar-refractivity contribution in [3.63, 3.8) is 0 Å². The molecule has 0 aliphatic rings. The van der Waals surface area contributed by atoms with E-state index in [1.165, 1.54) is 6.42 Å². The summed E-state index contributed by atoms with van der Waals surface area (Å²) in [6, 6.07) is 0. The molecule has 0 spiro atoms. The first-order valence-corrected chi connectivity index (χ1v) is 4.52. The van der Waals surface area contributed by atoms with Gasteiger partial charge in [0.1, 0.15) is 0 Å². The number of hydrogen-bond donors (Lipinski definition) is 1. The van der Waals surface area contributed by atoms with Gasteiger partial charge in [0.15, 0.2) is 0 Å². The summed E-state index contributed by atoms with van der Waals surface area (Å²) in [5.74, 6) is 0.817. The number of nitrogens with zero attached hydrogens (tertiary/aromatic N) is 1. The quantitative estimate of drug-likeness (QED) is 0.584. The van der Waals surface area contributed by atoms with Crippen LogP contribution in [-0.4, -0.2) is 38.6 Å². The summed E-state index contributed by atoms with van der Waals surface area (Å²) in [5.41, 5.74) is 0. The lowest BCUT2D eigenvalue weighted by Crippen LogP contribution is -2.29. The minimum atomic E-state index is 0.817. The molecule has 0 rings (SSSR count). The van der Waals surface area contributed by atoms with Gasteiger partial charge in [-0.3, -0.25) is 0 Å². The second-order valence-corrected chi connectivity index (χ2v) is 3.52. The molecule has 1 atom stereocenters. The van der Waals surface area contributed by atoms with Gasteiger partial charge in [-0.05, 0) is 26.6 Å². The van der Waals surface area contributed by atoms with E-state index in [4.69, 9.17) is 0 Å². The number of likely N-dealkylation sites (N-methyl/N-ethyl adjacent to an activating group) is 1. The van der Waals surface area contributed by atoms with Crippen LogP contribution < -0.4 is 5.32 Å². The van der Waals surface area contributed by atoms with Gasteiger partial charge < -0.3 is 10.2 Å². The van der Waals surface area contributed by atoms with Gasteiger partial charge in [0.25, 0.3) is 0 Å².